The van der Waals surface area contributed by atoms with Gasteiger partial charge in [-0.3, -0.25) is 0 Å². The molecule has 0 fully saturated rings. The van der Waals surface area contributed by atoms with Crippen LogP contribution in [0.1, 0.15) is 37.4 Å². The van der Waals surface area contributed by atoms with E-state index in [1.54, 1.807) is 13.2 Å². The van der Waals surface area contributed by atoms with Gasteiger partial charge in [-0.05, 0) is 44.5 Å². The fourth-order valence-electron chi connectivity index (χ4n) is 3.11. The van der Waals surface area contributed by atoms with Crippen molar-refractivity contribution in [1.29, 1.82) is 0 Å². The third kappa shape index (κ3) is 4.05. The molecule has 3 rings (SSSR count). The third-order valence-electron chi connectivity index (χ3n) is 4.26. The number of hydrogen-bond acceptors (Lipinski definition) is 3. The van der Waals surface area contributed by atoms with E-state index >= 15 is 0 Å². The molecular formula is C20H24N2O3. The highest BCUT2D eigenvalue weighted by atomic mass is 16.5. The summed E-state index contributed by atoms with van der Waals surface area (Å²) in [5.41, 5.74) is 2.49. The van der Waals surface area contributed by atoms with E-state index in [0.717, 1.165) is 16.9 Å². The molecule has 2 aromatic rings. The van der Waals surface area contributed by atoms with Gasteiger partial charge in [-0.15, -0.1) is 0 Å². The number of benzene rings is 2. The number of hydrogen-bond donors (Lipinski definition) is 2. The molecular weight excluding hydrogens is 316 g/mol. The van der Waals surface area contributed by atoms with Crippen molar-refractivity contribution in [2.45, 2.75) is 38.8 Å². The largest absolute Gasteiger partial charge is 0.497 e. The van der Waals surface area contributed by atoms with Gasteiger partial charge in [-0.2, -0.15) is 0 Å². The van der Waals surface area contributed by atoms with E-state index in [1.807, 2.05) is 57.2 Å². The van der Waals surface area contributed by atoms with E-state index in [4.69, 9.17) is 9.47 Å². The second-order valence-electron chi connectivity index (χ2n) is 6.99. The van der Waals surface area contributed by atoms with Crippen molar-refractivity contribution in [2.75, 3.05) is 12.4 Å². The Bertz CT molecular complexity index is 786. The van der Waals surface area contributed by atoms with E-state index in [9.17, 15) is 4.79 Å². The molecule has 1 heterocycles. The number of carbonyl (C=O) groups is 1. The Kier molecular flexibility index (Phi) is 4.57. The lowest BCUT2D eigenvalue weighted by atomic mass is 9.89. The molecule has 5 heteroatoms. The number of fused-ring (bicyclic) bond motifs is 1. The Labute approximate surface area is 148 Å². The number of amides is 2. The van der Waals surface area contributed by atoms with Crippen LogP contribution in [0.2, 0.25) is 0 Å². The zero-order valence-corrected chi connectivity index (χ0v) is 15.1. The van der Waals surface area contributed by atoms with Crippen LogP contribution in [0.15, 0.2) is 42.5 Å². The second-order valence-corrected chi connectivity index (χ2v) is 6.99. The summed E-state index contributed by atoms with van der Waals surface area (Å²) >= 11 is 0. The second kappa shape index (κ2) is 6.67. The molecule has 132 valence electrons. The Balaban J connectivity index is 1.76. The molecule has 0 aliphatic carbocycles. The molecule has 25 heavy (non-hydrogen) atoms. The van der Waals surface area contributed by atoms with Gasteiger partial charge in [0.25, 0.3) is 0 Å². The molecule has 0 aromatic heterocycles. The normalized spacial score (nSPS) is 17.8. The van der Waals surface area contributed by atoms with Gasteiger partial charge >= 0.3 is 6.03 Å². The molecule has 2 N–H and O–H groups in total. The molecule has 1 atom stereocenters. The van der Waals surface area contributed by atoms with Crippen LogP contribution in [0, 0.1) is 6.92 Å². The number of methoxy groups -OCH3 is 1. The van der Waals surface area contributed by atoms with Crippen molar-refractivity contribution >= 4 is 11.7 Å². The molecule has 0 spiro atoms. The van der Waals surface area contributed by atoms with Gasteiger partial charge in [-0.25, -0.2) is 4.79 Å². The van der Waals surface area contributed by atoms with E-state index in [0.29, 0.717) is 17.9 Å². The predicted molar refractivity (Wildman–Crippen MR) is 98.4 cm³/mol. The molecule has 5 nitrogen and oxygen atoms in total. The van der Waals surface area contributed by atoms with E-state index in [2.05, 4.69) is 10.6 Å². The van der Waals surface area contributed by atoms with Gasteiger partial charge in [0.2, 0.25) is 0 Å². The summed E-state index contributed by atoms with van der Waals surface area (Å²) in [6.07, 6.45) is 0.703. The highest BCUT2D eigenvalue weighted by Crippen LogP contribution is 2.39. The summed E-state index contributed by atoms with van der Waals surface area (Å²) in [6, 6.07) is 13.0. The molecule has 2 aromatic carbocycles. The van der Waals surface area contributed by atoms with Crippen molar-refractivity contribution in [3.05, 3.63) is 53.6 Å². The fourth-order valence-corrected chi connectivity index (χ4v) is 3.11. The first-order valence-corrected chi connectivity index (χ1v) is 8.37. The minimum absolute atomic E-state index is 0.107. The molecule has 1 aliphatic heterocycles. The topological polar surface area (TPSA) is 59.6 Å². The van der Waals surface area contributed by atoms with Crippen LogP contribution in [-0.4, -0.2) is 18.7 Å². The molecule has 0 bridgehead atoms. The van der Waals surface area contributed by atoms with E-state index < -0.39 is 0 Å². The number of rotatable bonds is 3. The van der Waals surface area contributed by atoms with Crippen LogP contribution in [0.5, 0.6) is 11.5 Å². The zero-order valence-electron chi connectivity index (χ0n) is 15.1. The van der Waals surface area contributed by atoms with Gasteiger partial charge < -0.3 is 20.1 Å². The van der Waals surface area contributed by atoms with E-state index in [-0.39, 0.29) is 17.7 Å². The average molecular weight is 340 g/mol. The van der Waals surface area contributed by atoms with E-state index in [1.165, 1.54) is 0 Å². The molecule has 2 amide bonds. The molecule has 1 aliphatic rings. The number of carbonyl (C=O) groups excluding carboxylic acids is 1. The van der Waals surface area contributed by atoms with Gasteiger partial charge in [-0.1, -0.05) is 18.2 Å². The van der Waals surface area contributed by atoms with Crippen molar-refractivity contribution in [2.24, 2.45) is 0 Å². The predicted octanol–water partition coefficient (Wildman–Crippen LogP) is 4.43. The minimum Gasteiger partial charge on any atom is -0.497 e. The molecule has 0 unspecified atom stereocenters. The quantitative estimate of drug-likeness (QED) is 0.869. The number of nitrogens with one attached hydrogen (secondary N) is 2. The lowest BCUT2D eigenvalue weighted by molar-refractivity contribution is 0.0682. The Morgan fingerprint density at radius 1 is 1.24 bits per heavy atom. The van der Waals surface area contributed by atoms with Crippen LogP contribution < -0.4 is 20.1 Å². The summed E-state index contributed by atoms with van der Waals surface area (Å²) in [5.74, 6) is 1.54. The highest BCUT2D eigenvalue weighted by molar-refractivity contribution is 5.89. The van der Waals surface area contributed by atoms with Crippen molar-refractivity contribution < 1.29 is 14.3 Å². The van der Waals surface area contributed by atoms with Crippen molar-refractivity contribution in [3.8, 4) is 11.5 Å². The van der Waals surface area contributed by atoms with Crippen molar-refractivity contribution in [3.63, 3.8) is 0 Å². The first-order valence-electron chi connectivity index (χ1n) is 8.37. The first-order chi connectivity index (χ1) is 11.9. The first kappa shape index (κ1) is 17.1. The third-order valence-corrected chi connectivity index (χ3v) is 4.26. The van der Waals surface area contributed by atoms with Crippen molar-refractivity contribution in [1.82, 2.24) is 5.32 Å². The van der Waals surface area contributed by atoms with Crippen LogP contribution in [0.3, 0.4) is 0 Å². The van der Waals surface area contributed by atoms with Gasteiger partial charge in [0, 0.05) is 23.7 Å². The monoisotopic (exact) mass is 340 g/mol. The van der Waals surface area contributed by atoms with Gasteiger partial charge in [0.1, 0.15) is 17.1 Å². The maximum atomic E-state index is 12.5. The summed E-state index contributed by atoms with van der Waals surface area (Å²) in [5, 5.41) is 5.93. The molecule has 0 radical (unpaired) electrons. The Hall–Kier alpha value is -2.69. The van der Waals surface area contributed by atoms with Gasteiger partial charge in [0.05, 0.1) is 13.2 Å². The number of ether oxygens (including phenoxy) is 2. The average Bonchev–Trinajstić information content (AvgIpc) is 2.53. The zero-order chi connectivity index (χ0) is 18.0. The Morgan fingerprint density at radius 3 is 2.80 bits per heavy atom. The maximum Gasteiger partial charge on any atom is 0.319 e. The molecule has 0 saturated carbocycles. The summed E-state index contributed by atoms with van der Waals surface area (Å²) in [7, 11) is 1.60. The fraction of sp³-hybridized carbons (Fsp3) is 0.350. The number of anilines is 1. The van der Waals surface area contributed by atoms with Crippen LogP contribution in [0.4, 0.5) is 10.5 Å². The smallest absolute Gasteiger partial charge is 0.319 e. The van der Waals surface area contributed by atoms with Crippen LogP contribution in [-0.2, 0) is 0 Å². The summed E-state index contributed by atoms with van der Waals surface area (Å²) in [6.45, 7) is 6.10. The SMILES string of the molecule is COc1cccc(NC(=O)N[C@H]2CC(C)(C)Oc3cc(C)ccc32)c1. The van der Waals surface area contributed by atoms with Crippen LogP contribution >= 0.6 is 0 Å². The highest BCUT2D eigenvalue weighted by Gasteiger charge is 2.34. The van der Waals surface area contributed by atoms with Crippen LogP contribution in [0.25, 0.3) is 0 Å². The minimum atomic E-state index is -0.339. The standard InChI is InChI=1S/C20H24N2O3/c1-13-8-9-16-17(12-20(2,3)25-18(16)10-13)22-19(23)21-14-6-5-7-15(11-14)24-4/h5-11,17H,12H2,1-4H3,(H2,21,22,23)/t17-/m0/s1. The Morgan fingerprint density at radius 2 is 2.04 bits per heavy atom. The molecule has 0 saturated heterocycles. The lowest BCUT2D eigenvalue weighted by Crippen LogP contribution is -2.42. The summed E-state index contributed by atoms with van der Waals surface area (Å²) < 4.78 is 11.3. The summed E-state index contributed by atoms with van der Waals surface area (Å²) in [4.78, 5) is 12.5. The number of urea groups is 1. The lowest BCUT2D eigenvalue weighted by Gasteiger charge is -2.38. The number of aryl methyl sites for hydroxylation is 1. The van der Waals surface area contributed by atoms with Gasteiger partial charge in [0.15, 0.2) is 0 Å². The maximum absolute atomic E-state index is 12.5.